The summed E-state index contributed by atoms with van der Waals surface area (Å²) in [5.74, 6) is 0. The van der Waals surface area contributed by atoms with Gasteiger partial charge in [0, 0.05) is 4.91 Å². The van der Waals surface area contributed by atoms with Crippen molar-refractivity contribution in [2.45, 2.75) is 65.9 Å². The Morgan fingerprint density at radius 2 is 1.53 bits per heavy atom. The average Bonchev–Trinajstić information content (AvgIpc) is 2.43. The number of rotatable bonds is 1. The van der Waals surface area contributed by atoms with Gasteiger partial charge in [-0.1, -0.05) is 46.7 Å². The van der Waals surface area contributed by atoms with Gasteiger partial charge in [0.05, 0.1) is 24.4 Å². The summed E-state index contributed by atoms with van der Waals surface area (Å²) < 4.78 is 5.95. The summed E-state index contributed by atoms with van der Waals surface area (Å²) in [7, 11) is 0. The van der Waals surface area contributed by atoms with Gasteiger partial charge >= 0.3 is 0 Å². The van der Waals surface area contributed by atoms with Crippen LogP contribution in [0.3, 0.4) is 0 Å². The van der Waals surface area contributed by atoms with Crippen molar-refractivity contribution < 1.29 is 9.84 Å². The molecule has 1 aliphatic rings. The average molecular weight is 241 g/mol. The maximum Gasteiger partial charge on any atom is 0.0926 e. The number of nitrogens with zero attached hydrogens (tertiary/aromatic N) is 3. The van der Waals surface area contributed by atoms with Gasteiger partial charge in [0.1, 0.15) is 0 Å². The summed E-state index contributed by atoms with van der Waals surface area (Å²) in [4.78, 5) is 2.83. The van der Waals surface area contributed by atoms with Crippen LogP contribution >= 0.6 is 0 Å². The van der Waals surface area contributed by atoms with Crippen LogP contribution in [0, 0.1) is 10.8 Å². The minimum absolute atomic E-state index is 0.167. The van der Waals surface area contributed by atoms with Crippen LogP contribution in [-0.2, 0) is 4.74 Å². The number of ether oxygens (including phenoxy) is 1. The molecule has 1 fully saturated rings. The maximum atomic E-state index is 10.3. The van der Waals surface area contributed by atoms with Crippen molar-refractivity contribution in [3.63, 3.8) is 0 Å². The summed E-state index contributed by atoms with van der Waals surface area (Å²) in [6, 6.07) is -0.510. The molecule has 1 saturated heterocycles. The van der Waals surface area contributed by atoms with Crippen molar-refractivity contribution in [1.82, 2.24) is 0 Å². The van der Waals surface area contributed by atoms with E-state index in [1.54, 1.807) is 0 Å². The van der Waals surface area contributed by atoms with E-state index in [1.165, 1.54) is 0 Å². The third kappa shape index (κ3) is 2.92. The third-order valence-electron chi connectivity index (χ3n) is 3.16. The molecule has 17 heavy (non-hydrogen) atoms. The normalized spacial score (nSPS) is 34.5. The van der Waals surface area contributed by atoms with Crippen LogP contribution in [0.1, 0.15) is 41.5 Å². The van der Waals surface area contributed by atoms with E-state index in [0.717, 1.165) is 0 Å². The van der Waals surface area contributed by atoms with E-state index < -0.39 is 12.1 Å². The number of aliphatic hydroxyl groups is 1. The Labute approximate surface area is 103 Å². The van der Waals surface area contributed by atoms with Gasteiger partial charge in [0.15, 0.2) is 0 Å². The Hall–Kier alpha value is -0.770. The van der Waals surface area contributed by atoms with Gasteiger partial charge in [0.2, 0.25) is 0 Å². The van der Waals surface area contributed by atoms with Crippen molar-refractivity contribution in [3.05, 3.63) is 10.4 Å². The predicted molar refractivity (Wildman–Crippen MR) is 66.5 cm³/mol. The van der Waals surface area contributed by atoms with Crippen molar-refractivity contribution in [2.75, 3.05) is 0 Å². The molecule has 4 atom stereocenters. The van der Waals surface area contributed by atoms with E-state index in [4.69, 9.17) is 10.3 Å². The largest absolute Gasteiger partial charge is 0.390 e. The predicted octanol–water partition coefficient (Wildman–Crippen LogP) is 2.89. The highest BCUT2D eigenvalue weighted by Crippen LogP contribution is 2.41. The van der Waals surface area contributed by atoms with E-state index in [2.05, 4.69) is 10.0 Å². The quantitative estimate of drug-likeness (QED) is 0.435. The molecule has 1 aliphatic heterocycles. The zero-order chi connectivity index (χ0) is 13.4. The monoisotopic (exact) mass is 241 g/mol. The fourth-order valence-electron chi connectivity index (χ4n) is 2.30. The van der Waals surface area contributed by atoms with Gasteiger partial charge in [-0.25, -0.2) is 0 Å². The van der Waals surface area contributed by atoms with Crippen LogP contribution in [0.15, 0.2) is 5.11 Å². The van der Waals surface area contributed by atoms with Gasteiger partial charge < -0.3 is 9.84 Å². The molecule has 0 aromatic carbocycles. The van der Waals surface area contributed by atoms with Crippen molar-refractivity contribution in [3.8, 4) is 0 Å². The first-order valence-corrected chi connectivity index (χ1v) is 5.97. The highest BCUT2D eigenvalue weighted by atomic mass is 16.5. The molecule has 0 amide bonds. The second kappa shape index (κ2) is 4.48. The highest BCUT2D eigenvalue weighted by molar-refractivity contribution is 5.03. The van der Waals surface area contributed by atoms with Crippen LogP contribution in [0.4, 0.5) is 0 Å². The molecular weight excluding hydrogens is 218 g/mol. The SMILES string of the molecule is CC(C)(C)C1OC(C(C)(C)C)C(N=[N+]=[N-])C1O. The molecule has 1 N–H and O–H groups in total. The molecule has 98 valence electrons. The maximum absolute atomic E-state index is 10.3. The van der Waals surface area contributed by atoms with E-state index in [1.807, 2.05) is 41.5 Å². The Bertz CT molecular complexity index is 324. The standard InChI is InChI=1S/C12H23N3O2/c1-11(2,3)9-7(14-15-13)8(16)10(17-9)12(4,5)6/h7-10,16H,1-6H3. The number of hydrogen-bond donors (Lipinski definition) is 1. The second-order valence-corrected chi connectivity index (χ2v) is 6.90. The van der Waals surface area contributed by atoms with Crippen molar-refractivity contribution in [2.24, 2.45) is 15.9 Å². The molecule has 4 unspecified atom stereocenters. The summed E-state index contributed by atoms with van der Waals surface area (Å²) in [5.41, 5.74) is 8.26. The molecule has 5 nitrogen and oxygen atoms in total. The lowest BCUT2D eigenvalue weighted by Gasteiger charge is -2.31. The van der Waals surface area contributed by atoms with Gasteiger partial charge in [-0.05, 0) is 16.4 Å². The van der Waals surface area contributed by atoms with Crippen LogP contribution in [-0.4, -0.2) is 29.5 Å². The smallest absolute Gasteiger partial charge is 0.0926 e. The Kier molecular flexibility index (Phi) is 3.77. The topological polar surface area (TPSA) is 78.2 Å². The molecule has 0 saturated carbocycles. The Balaban J connectivity index is 3.05. The van der Waals surface area contributed by atoms with Crippen LogP contribution in [0.25, 0.3) is 10.4 Å². The summed E-state index contributed by atoms with van der Waals surface area (Å²) in [5, 5.41) is 14.0. The summed E-state index contributed by atoms with van der Waals surface area (Å²) in [6.07, 6.45) is -1.30. The van der Waals surface area contributed by atoms with E-state index in [-0.39, 0.29) is 23.0 Å². The van der Waals surface area contributed by atoms with Crippen LogP contribution < -0.4 is 0 Å². The van der Waals surface area contributed by atoms with Gasteiger partial charge in [-0.15, -0.1) is 0 Å². The lowest BCUT2D eigenvalue weighted by molar-refractivity contribution is -0.0784. The molecule has 0 aromatic rings. The lowest BCUT2D eigenvalue weighted by Crippen LogP contribution is -2.39. The lowest BCUT2D eigenvalue weighted by atomic mass is 9.81. The molecular formula is C12H23N3O2. The first kappa shape index (κ1) is 14.3. The number of azide groups is 1. The molecule has 0 spiro atoms. The molecule has 1 rings (SSSR count). The summed E-state index contributed by atoms with van der Waals surface area (Å²) >= 11 is 0. The number of hydrogen-bond acceptors (Lipinski definition) is 3. The van der Waals surface area contributed by atoms with Crippen molar-refractivity contribution >= 4 is 0 Å². The molecule has 1 heterocycles. The minimum atomic E-state index is -0.741. The minimum Gasteiger partial charge on any atom is -0.390 e. The summed E-state index contributed by atoms with van der Waals surface area (Å²) in [6.45, 7) is 12.1. The number of aliphatic hydroxyl groups excluding tert-OH is 1. The van der Waals surface area contributed by atoms with E-state index in [0.29, 0.717) is 0 Å². The second-order valence-electron chi connectivity index (χ2n) is 6.90. The zero-order valence-corrected chi connectivity index (χ0v) is 11.5. The van der Waals surface area contributed by atoms with Crippen LogP contribution in [0.5, 0.6) is 0 Å². The first-order valence-electron chi connectivity index (χ1n) is 5.97. The van der Waals surface area contributed by atoms with Gasteiger partial charge in [-0.2, -0.15) is 0 Å². The highest BCUT2D eigenvalue weighted by Gasteiger charge is 2.51. The first-order chi connectivity index (χ1) is 7.59. The Morgan fingerprint density at radius 3 is 1.88 bits per heavy atom. The molecule has 5 heteroatoms. The Morgan fingerprint density at radius 1 is 1.06 bits per heavy atom. The molecule has 0 radical (unpaired) electrons. The van der Waals surface area contributed by atoms with E-state index >= 15 is 0 Å². The molecule has 0 aromatic heterocycles. The zero-order valence-electron chi connectivity index (χ0n) is 11.5. The molecule has 0 bridgehead atoms. The van der Waals surface area contributed by atoms with Crippen molar-refractivity contribution in [1.29, 1.82) is 0 Å². The van der Waals surface area contributed by atoms with Gasteiger partial charge in [0.25, 0.3) is 0 Å². The third-order valence-corrected chi connectivity index (χ3v) is 3.16. The fraction of sp³-hybridized carbons (Fsp3) is 1.00. The van der Waals surface area contributed by atoms with Crippen LogP contribution in [0.2, 0.25) is 0 Å². The van der Waals surface area contributed by atoms with E-state index in [9.17, 15) is 5.11 Å². The van der Waals surface area contributed by atoms with Gasteiger partial charge in [-0.3, -0.25) is 0 Å². The molecule has 0 aliphatic carbocycles. The fourth-order valence-corrected chi connectivity index (χ4v) is 2.30.